The monoisotopic (exact) mass is 443 g/mol. The molecule has 0 fully saturated rings. The van der Waals surface area contributed by atoms with Crippen LogP contribution in [0.4, 0.5) is 10.1 Å². The second-order valence-electron chi connectivity index (χ2n) is 6.37. The van der Waals surface area contributed by atoms with E-state index in [-0.39, 0.29) is 28.4 Å². The zero-order chi connectivity index (χ0) is 22.4. The zero-order valence-electron chi connectivity index (χ0n) is 16.3. The standard InChI is InChI=1S/C21H18FN3O5S/c1-30-21(27)15-10-14(13-24-20(26)19-4-2-3-9-23-19)11-17(12-15)25-31(28,29)18-7-5-16(22)6-8-18/h2-12,25H,13H2,1H3,(H,24,26). The number of halogens is 1. The Morgan fingerprint density at radius 3 is 2.45 bits per heavy atom. The second kappa shape index (κ2) is 9.35. The molecule has 0 unspecified atom stereocenters. The lowest BCUT2D eigenvalue weighted by atomic mass is 10.1. The molecule has 2 aromatic carbocycles. The van der Waals surface area contributed by atoms with Gasteiger partial charge in [0, 0.05) is 12.7 Å². The molecule has 0 saturated heterocycles. The third-order valence-corrected chi connectivity index (χ3v) is 5.54. The van der Waals surface area contributed by atoms with Gasteiger partial charge in [0.2, 0.25) is 0 Å². The van der Waals surface area contributed by atoms with Gasteiger partial charge in [0.1, 0.15) is 11.5 Å². The molecule has 1 heterocycles. The summed E-state index contributed by atoms with van der Waals surface area (Å²) in [5, 5.41) is 2.65. The van der Waals surface area contributed by atoms with Gasteiger partial charge in [-0.2, -0.15) is 0 Å². The van der Waals surface area contributed by atoms with Gasteiger partial charge >= 0.3 is 5.97 Å². The topological polar surface area (TPSA) is 114 Å². The minimum absolute atomic E-state index is 0.00547. The lowest BCUT2D eigenvalue weighted by molar-refractivity contribution is 0.0600. The largest absolute Gasteiger partial charge is 0.465 e. The molecule has 0 aliphatic heterocycles. The molecular formula is C21H18FN3O5S. The maximum Gasteiger partial charge on any atom is 0.337 e. The van der Waals surface area contributed by atoms with Crippen LogP contribution in [-0.4, -0.2) is 32.4 Å². The molecule has 0 radical (unpaired) electrons. The van der Waals surface area contributed by atoms with Crippen LogP contribution in [0.2, 0.25) is 0 Å². The van der Waals surface area contributed by atoms with Crippen LogP contribution in [0.1, 0.15) is 26.4 Å². The van der Waals surface area contributed by atoms with E-state index in [9.17, 15) is 22.4 Å². The second-order valence-corrected chi connectivity index (χ2v) is 8.05. The summed E-state index contributed by atoms with van der Waals surface area (Å²) in [6, 6.07) is 13.4. The molecule has 0 atom stereocenters. The summed E-state index contributed by atoms with van der Waals surface area (Å²) in [5.74, 6) is -1.68. The van der Waals surface area contributed by atoms with E-state index in [0.717, 1.165) is 24.3 Å². The van der Waals surface area contributed by atoms with Gasteiger partial charge < -0.3 is 10.1 Å². The van der Waals surface area contributed by atoms with Crippen molar-refractivity contribution in [1.82, 2.24) is 10.3 Å². The Hall–Kier alpha value is -3.79. The molecule has 3 rings (SSSR count). The quantitative estimate of drug-likeness (QED) is 0.543. The first-order valence-electron chi connectivity index (χ1n) is 8.98. The lowest BCUT2D eigenvalue weighted by Gasteiger charge is -2.12. The molecule has 0 bridgehead atoms. The Bertz CT molecular complexity index is 1200. The van der Waals surface area contributed by atoms with Gasteiger partial charge in [-0.25, -0.2) is 17.6 Å². The first-order valence-corrected chi connectivity index (χ1v) is 10.5. The number of anilines is 1. The number of esters is 1. The van der Waals surface area contributed by atoms with Gasteiger partial charge in [0.15, 0.2) is 0 Å². The van der Waals surface area contributed by atoms with Gasteiger partial charge in [-0.05, 0) is 60.2 Å². The van der Waals surface area contributed by atoms with Crippen molar-refractivity contribution in [3.05, 3.63) is 89.5 Å². The van der Waals surface area contributed by atoms with E-state index < -0.39 is 27.7 Å². The summed E-state index contributed by atoms with van der Waals surface area (Å²) in [6.07, 6.45) is 1.48. The zero-order valence-corrected chi connectivity index (χ0v) is 17.1. The number of methoxy groups -OCH3 is 1. The highest BCUT2D eigenvalue weighted by atomic mass is 32.2. The summed E-state index contributed by atoms with van der Waals surface area (Å²) in [7, 11) is -2.84. The fraction of sp³-hybridized carbons (Fsp3) is 0.0952. The number of carbonyl (C=O) groups excluding carboxylic acids is 2. The normalized spacial score (nSPS) is 10.9. The van der Waals surface area contributed by atoms with Crippen LogP contribution in [0.25, 0.3) is 0 Å². The van der Waals surface area contributed by atoms with E-state index in [4.69, 9.17) is 4.74 Å². The molecule has 0 saturated carbocycles. The average Bonchev–Trinajstić information content (AvgIpc) is 2.77. The molecule has 0 spiro atoms. The number of amides is 1. The molecule has 160 valence electrons. The van der Waals surface area contributed by atoms with E-state index in [1.807, 2.05) is 0 Å². The highest BCUT2D eigenvalue weighted by Gasteiger charge is 2.17. The van der Waals surface area contributed by atoms with Crippen molar-refractivity contribution in [2.24, 2.45) is 0 Å². The number of hydrogen-bond donors (Lipinski definition) is 2. The lowest BCUT2D eigenvalue weighted by Crippen LogP contribution is -2.24. The number of aromatic nitrogens is 1. The predicted molar refractivity (Wildman–Crippen MR) is 110 cm³/mol. The minimum Gasteiger partial charge on any atom is -0.465 e. The Morgan fingerprint density at radius 1 is 1.06 bits per heavy atom. The van der Waals surface area contributed by atoms with Gasteiger partial charge in [0.05, 0.1) is 23.3 Å². The van der Waals surface area contributed by atoms with Crippen molar-refractivity contribution < 1.29 is 27.1 Å². The summed E-state index contributed by atoms with van der Waals surface area (Å²) >= 11 is 0. The first kappa shape index (κ1) is 21.9. The summed E-state index contributed by atoms with van der Waals surface area (Å²) < 4.78 is 45.4. The number of hydrogen-bond acceptors (Lipinski definition) is 6. The van der Waals surface area contributed by atoms with Crippen LogP contribution in [0, 0.1) is 5.82 Å². The highest BCUT2D eigenvalue weighted by Crippen LogP contribution is 2.21. The predicted octanol–water partition coefficient (Wildman–Crippen LogP) is 2.74. The molecule has 10 heteroatoms. The van der Waals surface area contributed by atoms with Crippen LogP contribution in [0.5, 0.6) is 0 Å². The average molecular weight is 443 g/mol. The number of ether oxygens (including phenoxy) is 1. The minimum atomic E-state index is -4.04. The van der Waals surface area contributed by atoms with Crippen LogP contribution < -0.4 is 10.0 Å². The van der Waals surface area contributed by atoms with Crippen molar-refractivity contribution >= 4 is 27.6 Å². The van der Waals surface area contributed by atoms with Crippen LogP contribution >= 0.6 is 0 Å². The third-order valence-electron chi connectivity index (χ3n) is 4.14. The molecule has 3 aromatic rings. The summed E-state index contributed by atoms with van der Waals surface area (Å²) in [4.78, 5) is 28.0. The number of carbonyl (C=O) groups is 2. The number of sulfonamides is 1. The molecule has 2 N–H and O–H groups in total. The third kappa shape index (κ3) is 5.64. The molecular weight excluding hydrogens is 425 g/mol. The number of rotatable bonds is 7. The number of pyridine rings is 1. The summed E-state index contributed by atoms with van der Waals surface area (Å²) in [6.45, 7) is 0.00547. The van der Waals surface area contributed by atoms with Gasteiger partial charge in [0.25, 0.3) is 15.9 Å². The van der Waals surface area contributed by atoms with Gasteiger partial charge in [-0.1, -0.05) is 6.07 Å². The van der Waals surface area contributed by atoms with Crippen molar-refractivity contribution in [2.75, 3.05) is 11.8 Å². The maximum atomic E-state index is 13.1. The fourth-order valence-corrected chi connectivity index (χ4v) is 3.73. The Morgan fingerprint density at radius 2 is 1.81 bits per heavy atom. The van der Waals surface area contributed by atoms with Crippen molar-refractivity contribution in [2.45, 2.75) is 11.4 Å². The SMILES string of the molecule is COC(=O)c1cc(CNC(=O)c2ccccn2)cc(NS(=O)(=O)c2ccc(F)cc2)c1. The van der Waals surface area contributed by atoms with Crippen molar-refractivity contribution in [3.8, 4) is 0 Å². The Balaban J connectivity index is 1.85. The smallest absolute Gasteiger partial charge is 0.337 e. The van der Waals surface area contributed by atoms with E-state index in [0.29, 0.717) is 5.56 Å². The van der Waals surface area contributed by atoms with Gasteiger partial charge in [-0.15, -0.1) is 0 Å². The molecule has 0 aliphatic rings. The molecule has 31 heavy (non-hydrogen) atoms. The van der Waals surface area contributed by atoms with Crippen LogP contribution in [-0.2, 0) is 21.3 Å². The van der Waals surface area contributed by atoms with Crippen LogP contribution in [0.15, 0.2) is 71.8 Å². The maximum absolute atomic E-state index is 13.1. The van der Waals surface area contributed by atoms with E-state index in [1.54, 1.807) is 18.2 Å². The number of nitrogens with one attached hydrogen (secondary N) is 2. The molecule has 1 aromatic heterocycles. The Kier molecular flexibility index (Phi) is 6.61. The van der Waals surface area contributed by atoms with Crippen molar-refractivity contribution in [1.29, 1.82) is 0 Å². The van der Waals surface area contributed by atoms with E-state index >= 15 is 0 Å². The summed E-state index contributed by atoms with van der Waals surface area (Å²) in [5.41, 5.74) is 0.825. The van der Waals surface area contributed by atoms with Crippen molar-refractivity contribution in [3.63, 3.8) is 0 Å². The van der Waals surface area contributed by atoms with Crippen LogP contribution in [0.3, 0.4) is 0 Å². The molecule has 0 aliphatic carbocycles. The highest BCUT2D eigenvalue weighted by molar-refractivity contribution is 7.92. The number of nitrogens with zero attached hydrogens (tertiary/aromatic N) is 1. The van der Waals surface area contributed by atoms with E-state index in [1.165, 1.54) is 31.5 Å². The number of benzene rings is 2. The Labute approximate surface area is 178 Å². The fourth-order valence-electron chi connectivity index (χ4n) is 2.69. The van der Waals surface area contributed by atoms with E-state index in [2.05, 4.69) is 15.0 Å². The van der Waals surface area contributed by atoms with Gasteiger partial charge in [-0.3, -0.25) is 14.5 Å². The first-order chi connectivity index (χ1) is 14.8. The molecule has 1 amide bonds. The molecule has 8 nitrogen and oxygen atoms in total.